The molecule has 1 aliphatic heterocycles. The van der Waals surface area contributed by atoms with Crippen molar-refractivity contribution in [3.05, 3.63) is 0 Å². The lowest BCUT2D eigenvalue weighted by Gasteiger charge is -2.33. The number of hydrogen-bond donors (Lipinski definition) is 0. The van der Waals surface area contributed by atoms with Crippen molar-refractivity contribution in [2.45, 2.75) is 46.1 Å². The van der Waals surface area contributed by atoms with E-state index in [0.717, 1.165) is 31.8 Å². The van der Waals surface area contributed by atoms with Gasteiger partial charge in [-0.05, 0) is 51.0 Å². The minimum absolute atomic E-state index is 0.154. The number of thioether (sulfide) groups is 1. The fourth-order valence-electron chi connectivity index (χ4n) is 1.89. The first-order chi connectivity index (χ1) is 7.92. The van der Waals surface area contributed by atoms with Crippen LogP contribution >= 0.6 is 11.8 Å². The molecule has 1 saturated heterocycles. The van der Waals surface area contributed by atoms with E-state index in [4.69, 9.17) is 4.74 Å². The van der Waals surface area contributed by atoms with Crippen molar-refractivity contribution < 1.29 is 9.53 Å². The summed E-state index contributed by atoms with van der Waals surface area (Å²) in [5, 5.41) is 0. The summed E-state index contributed by atoms with van der Waals surface area (Å²) in [6, 6.07) is 0. The summed E-state index contributed by atoms with van der Waals surface area (Å²) in [5.41, 5.74) is -0.383. The highest BCUT2D eigenvalue weighted by molar-refractivity contribution is 7.99. The third-order valence-electron chi connectivity index (χ3n) is 2.82. The Hall–Kier alpha value is -0.380. The second-order valence-corrected chi connectivity index (χ2v) is 6.89. The first-order valence-electron chi connectivity index (χ1n) is 6.48. The zero-order valence-electron chi connectivity index (χ0n) is 11.5. The zero-order valence-corrected chi connectivity index (χ0v) is 12.3. The van der Waals surface area contributed by atoms with Gasteiger partial charge in [0.25, 0.3) is 0 Å². The third kappa shape index (κ3) is 5.66. The Kier molecular flexibility index (Phi) is 5.63. The van der Waals surface area contributed by atoms with Gasteiger partial charge in [-0.3, -0.25) is 0 Å². The molecule has 0 aromatic rings. The molecule has 0 bridgehead atoms. The zero-order chi connectivity index (χ0) is 12.9. The van der Waals surface area contributed by atoms with E-state index in [0.29, 0.717) is 0 Å². The highest BCUT2D eigenvalue weighted by atomic mass is 32.2. The van der Waals surface area contributed by atoms with E-state index in [-0.39, 0.29) is 11.7 Å². The van der Waals surface area contributed by atoms with Crippen LogP contribution in [0.3, 0.4) is 0 Å². The number of ether oxygens (including phenoxy) is 1. The van der Waals surface area contributed by atoms with Gasteiger partial charge in [0.15, 0.2) is 0 Å². The lowest BCUT2D eigenvalue weighted by Crippen LogP contribution is -2.42. The Bertz CT molecular complexity index is 242. The molecule has 1 aliphatic rings. The van der Waals surface area contributed by atoms with Crippen molar-refractivity contribution in [1.82, 2.24) is 4.90 Å². The van der Waals surface area contributed by atoms with Crippen LogP contribution in [0, 0.1) is 5.92 Å². The predicted octanol–water partition coefficient (Wildman–Crippen LogP) is 3.39. The number of hydrogen-bond acceptors (Lipinski definition) is 3. The van der Waals surface area contributed by atoms with Crippen molar-refractivity contribution >= 4 is 17.9 Å². The molecule has 1 amide bonds. The lowest BCUT2D eigenvalue weighted by molar-refractivity contribution is 0.0191. The van der Waals surface area contributed by atoms with E-state index in [1.165, 1.54) is 11.5 Å². The SMILES string of the molecule is CCSCC1CCN(C(=O)OC(C)(C)C)CC1. The Morgan fingerprint density at radius 2 is 1.94 bits per heavy atom. The monoisotopic (exact) mass is 259 g/mol. The Labute approximate surface area is 109 Å². The molecule has 0 radical (unpaired) electrons. The number of piperidine rings is 1. The maximum absolute atomic E-state index is 11.8. The summed E-state index contributed by atoms with van der Waals surface area (Å²) in [5.74, 6) is 3.20. The smallest absolute Gasteiger partial charge is 0.410 e. The molecule has 1 fully saturated rings. The van der Waals surface area contributed by atoms with E-state index >= 15 is 0 Å². The van der Waals surface area contributed by atoms with Gasteiger partial charge in [-0.2, -0.15) is 11.8 Å². The van der Waals surface area contributed by atoms with Crippen molar-refractivity contribution in [3.8, 4) is 0 Å². The number of amides is 1. The first kappa shape index (κ1) is 14.7. The van der Waals surface area contributed by atoms with Crippen molar-refractivity contribution in [1.29, 1.82) is 0 Å². The van der Waals surface area contributed by atoms with Gasteiger partial charge in [0, 0.05) is 13.1 Å². The Morgan fingerprint density at radius 1 is 1.35 bits per heavy atom. The topological polar surface area (TPSA) is 29.5 Å². The lowest BCUT2D eigenvalue weighted by atomic mass is 9.99. The number of rotatable bonds is 3. The van der Waals surface area contributed by atoms with Gasteiger partial charge < -0.3 is 9.64 Å². The molecule has 0 N–H and O–H groups in total. The van der Waals surface area contributed by atoms with Gasteiger partial charge in [0.2, 0.25) is 0 Å². The minimum atomic E-state index is -0.383. The Balaban J connectivity index is 2.29. The number of nitrogens with zero attached hydrogens (tertiary/aromatic N) is 1. The molecule has 17 heavy (non-hydrogen) atoms. The highest BCUT2D eigenvalue weighted by Crippen LogP contribution is 2.22. The van der Waals surface area contributed by atoms with Crippen LogP contribution in [0.5, 0.6) is 0 Å². The van der Waals surface area contributed by atoms with Crippen molar-refractivity contribution in [2.75, 3.05) is 24.6 Å². The fourth-order valence-corrected chi connectivity index (χ4v) is 2.80. The summed E-state index contributed by atoms with van der Waals surface area (Å²) in [6.45, 7) is 9.63. The first-order valence-corrected chi connectivity index (χ1v) is 7.63. The maximum Gasteiger partial charge on any atom is 0.410 e. The highest BCUT2D eigenvalue weighted by Gasteiger charge is 2.26. The molecule has 3 nitrogen and oxygen atoms in total. The van der Waals surface area contributed by atoms with Gasteiger partial charge in [0.1, 0.15) is 5.60 Å². The summed E-state index contributed by atoms with van der Waals surface area (Å²) in [6.07, 6.45) is 2.08. The molecule has 0 unspecified atom stereocenters. The molecule has 0 aromatic carbocycles. The third-order valence-corrected chi connectivity index (χ3v) is 3.94. The number of carbonyl (C=O) groups is 1. The molecular formula is C13H25NO2S. The van der Waals surface area contributed by atoms with Crippen LogP contribution in [-0.2, 0) is 4.74 Å². The van der Waals surface area contributed by atoms with Gasteiger partial charge in [-0.25, -0.2) is 4.79 Å². The van der Waals surface area contributed by atoms with Gasteiger partial charge >= 0.3 is 6.09 Å². The molecule has 0 saturated carbocycles. The maximum atomic E-state index is 11.8. The average molecular weight is 259 g/mol. The van der Waals surface area contributed by atoms with Gasteiger partial charge in [0.05, 0.1) is 0 Å². The molecule has 0 atom stereocenters. The summed E-state index contributed by atoms with van der Waals surface area (Å²) >= 11 is 2.00. The van der Waals surface area contributed by atoms with Crippen LogP contribution in [0.4, 0.5) is 4.79 Å². The van der Waals surface area contributed by atoms with Crippen LogP contribution in [0.1, 0.15) is 40.5 Å². The molecule has 1 heterocycles. The van der Waals surface area contributed by atoms with Crippen molar-refractivity contribution in [2.24, 2.45) is 5.92 Å². The van der Waals surface area contributed by atoms with Crippen molar-refractivity contribution in [3.63, 3.8) is 0 Å². The van der Waals surface area contributed by atoms with E-state index in [1.807, 2.05) is 37.4 Å². The number of likely N-dealkylation sites (tertiary alicyclic amines) is 1. The van der Waals surface area contributed by atoms with E-state index in [1.54, 1.807) is 0 Å². The standard InChI is InChI=1S/C13H25NO2S/c1-5-17-10-11-6-8-14(9-7-11)12(15)16-13(2,3)4/h11H,5-10H2,1-4H3. The number of carbonyl (C=O) groups excluding carboxylic acids is 1. The molecule has 4 heteroatoms. The molecular weight excluding hydrogens is 234 g/mol. The minimum Gasteiger partial charge on any atom is -0.444 e. The van der Waals surface area contributed by atoms with E-state index < -0.39 is 0 Å². The van der Waals surface area contributed by atoms with Crippen LogP contribution in [-0.4, -0.2) is 41.2 Å². The second-order valence-electron chi connectivity index (χ2n) is 5.57. The average Bonchev–Trinajstić information content (AvgIpc) is 2.24. The van der Waals surface area contributed by atoms with E-state index in [9.17, 15) is 4.79 Å². The van der Waals surface area contributed by atoms with Crippen LogP contribution < -0.4 is 0 Å². The molecule has 0 aliphatic carbocycles. The van der Waals surface area contributed by atoms with Gasteiger partial charge in [-0.15, -0.1) is 0 Å². The second kappa shape index (κ2) is 6.53. The van der Waals surface area contributed by atoms with Crippen LogP contribution in [0.15, 0.2) is 0 Å². The summed E-state index contributed by atoms with van der Waals surface area (Å²) in [4.78, 5) is 13.7. The Morgan fingerprint density at radius 3 is 2.41 bits per heavy atom. The normalized spacial score (nSPS) is 18.2. The summed E-state index contributed by atoms with van der Waals surface area (Å²) in [7, 11) is 0. The predicted molar refractivity (Wildman–Crippen MR) is 73.5 cm³/mol. The quantitative estimate of drug-likeness (QED) is 0.778. The molecule has 0 aromatic heterocycles. The largest absolute Gasteiger partial charge is 0.444 e. The van der Waals surface area contributed by atoms with Crippen LogP contribution in [0.25, 0.3) is 0 Å². The summed E-state index contributed by atoms with van der Waals surface area (Å²) < 4.78 is 5.38. The van der Waals surface area contributed by atoms with Crippen LogP contribution in [0.2, 0.25) is 0 Å². The molecule has 1 rings (SSSR count). The molecule has 0 spiro atoms. The molecule has 100 valence electrons. The fraction of sp³-hybridized carbons (Fsp3) is 0.923. The van der Waals surface area contributed by atoms with Gasteiger partial charge in [-0.1, -0.05) is 6.92 Å². The van der Waals surface area contributed by atoms with E-state index in [2.05, 4.69) is 6.92 Å².